The van der Waals surface area contributed by atoms with Gasteiger partial charge in [-0.3, -0.25) is 4.79 Å². The molecular weight excluding hydrogens is 444 g/mol. The van der Waals surface area contributed by atoms with E-state index in [1.54, 1.807) is 13.0 Å². The van der Waals surface area contributed by atoms with Crippen LogP contribution in [0.3, 0.4) is 0 Å². The van der Waals surface area contributed by atoms with Gasteiger partial charge in [0.15, 0.2) is 0 Å². The lowest BCUT2D eigenvalue weighted by molar-refractivity contribution is -0.142. The maximum absolute atomic E-state index is 12.4. The average molecular weight is 479 g/mol. The topological polar surface area (TPSA) is 105 Å². The first kappa shape index (κ1) is 26.0. The maximum Gasteiger partial charge on any atom is 0.407 e. The van der Waals surface area contributed by atoms with E-state index in [-0.39, 0.29) is 30.8 Å². The lowest BCUT2D eigenvalue weighted by atomic mass is 9.98. The van der Waals surface area contributed by atoms with E-state index in [1.807, 2.05) is 38.1 Å². The van der Waals surface area contributed by atoms with Crippen LogP contribution in [0, 0.1) is 5.92 Å². The molecular formula is C28H34N2O5. The molecule has 7 heteroatoms. The second-order valence-electron chi connectivity index (χ2n) is 9.21. The molecule has 3 rings (SSSR count). The van der Waals surface area contributed by atoms with Crippen LogP contribution in [-0.4, -0.2) is 42.3 Å². The van der Waals surface area contributed by atoms with Crippen molar-refractivity contribution >= 4 is 18.0 Å². The predicted octanol–water partition coefficient (Wildman–Crippen LogP) is 4.87. The predicted molar refractivity (Wildman–Crippen MR) is 135 cm³/mol. The van der Waals surface area contributed by atoms with Crippen molar-refractivity contribution in [3.63, 3.8) is 0 Å². The van der Waals surface area contributed by atoms with Gasteiger partial charge >= 0.3 is 12.1 Å². The first-order valence-corrected chi connectivity index (χ1v) is 12.0. The molecule has 0 aromatic heterocycles. The first-order chi connectivity index (χ1) is 16.8. The van der Waals surface area contributed by atoms with Gasteiger partial charge in [0.1, 0.15) is 12.6 Å². The highest BCUT2D eigenvalue weighted by atomic mass is 16.5. The quantitative estimate of drug-likeness (QED) is 0.316. The minimum atomic E-state index is -1.06. The number of alkyl carbamates (subject to hydrolysis) is 1. The van der Waals surface area contributed by atoms with Gasteiger partial charge in [-0.1, -0.05) is 67.1 Å². The maximum atomic E-state index is 12.4. The van der Waals surface area contributed by atoms with Gasteiger partial charge in [-0.05, 0) is 55.4 Å². The lowest BCUT2D eigenvalue weighted by Gasteiger charge is -2.17. The number of carbonyl (C=O) groups is 3. The highest BCUT2D eigenvalue weighted by molar-refractivity contribution is 5.85. The molecule has 0 bridgehead atoms. The average Bonchev–Trinajstić information content (AvgIpc) is 3.16. The van der Waals surface area contributed by atoms with Gasteiger partial charge in [-0.25, -0.2) is 9.59 Å². The van der Waals surface area contributed by atoms with Gasteiger partial charge in [-0.15, -0.1) is 0 Å². The van der Waals surface area contributed by atoms with Crippen molar-refractivity contribution in [3.8, 4) is 11.1 Å². The molecule has 2 aromatic rings. The van der Waals surface area contributed by atoms with Crippen molar-refractivity contribution in [2.45, 2.75) is 52.0 Å². The van der Waals surface area contributed by atoms with E-state index in [2.05, 4.69) is 34.9 Å². The Morgan fingerprint density at radius 2 is 1.63 bits per heavy atom. The number of carbonyl (C=O) groups excluding carboxylic acids is 2. The van der Waals surface area contributed by atoms with Crippen LogP contribution < -0.4 is 10.6 Å². The minimum Gasteiger partial charge on any atom is -0.480 e. The van der Waals surface area contributed by atoms with Gasteiger partial charge in [0, 0.05) is 18.4 Å². The second-order valence-corrected chi connectivity index (χ2v) is 9.21. The molecule has 2 unspecified atom stereocenters. The molecule has 35 heavy (non-hydrogen) atoms. The van der Waals surface area contributed by atoms with E-state index in [0.29, 0.717) is 19.4 Å². The van der Waals surface area contributed by atoms with Crippen molar-refractivity contribution in [1.29, 1.82) is 0 Å². The number of fused-ring (bicyclic) bond motifs is 3. The van der Waals surface area contributed by atoms with Crippen molar-refractivity contribution < 1.29 is 24.2 Å². The highest BCUT2D eigenvalue weighted by Gasteiger charge is 2.29. The number of ether oxygens (including phenoxy) is 1. The molecule has 186 valence electrons. The summed E-state index contributed by atoms with van der Waals surface area (Å²) in [6.45, 7) is 6.14. The number of aliphatic carboxylic acids is 1. The summed E-state index contributed by atoms with van der Waals surface area (Å²) in [4.78, 5) is 36.0. The number of carboxylic acid groups (broad SMARTS) is 1. The Balaban J connectivity index is 1.41. The fourth-order valence-electron chi connectivity index (χ4n) is 4.27. The Hall–Kier alpha value is -3.61. The van der Waals surface area contributed by atoms with E-state index in [1.165, 1.54) is 11.1 Å². The van der Waals surface area contributed by atoms with Gasteiger partial charge in [0.05, 0.1) is 0 Å². The Labute approximate surface area is 206 Å². The number of amides is 2. The van der Waals surface area contributed by atoms with E-state index < -0.39 is 18.1 Å². The van der Waals surface area contributed by atoms with Crippen molar-refractivity contribution in [1.82, 2.24) is 10.6 Å². The van der Waals surface area contributed by atoms with Gasteiger partial charge in [0.25, 0.3) is 0 Å². The standard InChI is InChI=1S/C28H34N2O5/c1-18(2)14-15-25(27(32)33)30-26(31)19(3)9-8-16-29-28(34)35-17-24-22-12-6-4-10-20(22)21-11-5-7-13-23(21)24/h4-7,10-14,19,24-25H,8-9,15-17H2,1-3H3,(H,29,34)(H,30,31)(H,32,33). The van der Waals surface area contributed by atoms with E-state index in [9.17, 15) is 19.5 Å². The summed E-state index contributed by atoms with van der Waals surface area (Å²) < 4.78 is 5.52. The monoisotopic (exact) mass is 478 g/mol. The fraction of sp³-hybridized carbons (Fsp3) is 0.393. The summed E-state index contributed by atoms with van der Waals surface area (Å²) in [5.74, 6) is -1.72. The van der Waals surface area contributed by atoms with Crippen LogP contribution in [0.1, 0.15) is 57.1 Å². The fourth-order valence-corrected chi connectivity index (χ4v) is 4.27. The largest absolute Gasteiger partial charge is 0.480 e. The smallest absolute Gasteiger partial charge is 0.407 e. The molecule has 1 aliphatic carbocycles. The number of rotatable bonds is 11. The zero-order valence-corrected chi connectivity index (χ0v) is 20.5. The highest BCUT2D eigenvalue weighted by Crippen LogP contribution is 2.44. The molecule has 0 aliphatic heterocycles. The Morgan fingerprint density at radius 3 is 2.20 bits per heavy atom. The third kappa shape index (κ3) is 6.94. The molecule has 2 amide bonds. The summed E-state index contributed by atoms with van der Waals surface area (Å²) in [5, 5.41) is 14.7. The molecule has 0 saturated carbocycles. The Kier molecular flexibility index (Phi) is 9.06. The van der Waals surface area contributed by atoms with Crippen molar-refractivity contribution in [2.24, 2.45) is 5.92 Å². The molecule has 0 fully saturated rings. The van der Waals surface area contributed by atoms with Crippen LogP contribution in [0.25, 0.3) is 11.1 Å². The van der Waals surface area contributed by atoms with Crippen LogP contribution in [0.2, 0.25) is 0 Å². The van der Waals surface area contributed by atoms with Crippen LogP contribution in [-0.2, 0) is 14.3 Å². The SMILES string of the molecule is CC(C)=CCC(NC(=O)C(C)CCCNC(=O)OCC1c2ccccc2-c2ccccc21)C(=O)O. The molecule has 3 N–H and O–H groups in total. The van der Waals surface area contributed by atoms with Gasteiger partial charge in [0.2, 0.25) is 5.91 Å². The third-order valence-corrected chi connectivity index (χ3v) is 6.25. The number of benzene rings is 2. The van der Waals surface area contributed by atoms with Crippen LogP contribution in [0.15, 0.2) is 60.2 Å². The minimum absolute atomic E-state index is 0.00499. The summed E-state index contributed by atoms with van der Waals surface area (Å²) in [7, 11) is 0. The molecule has 2 aromatic carbocycles. The lowest BCUT2D eigenvalue weighted by Crippen LogP contribution is -2.43. The number of carboxylic acids is 1. The van der Waals surface area contributed by atoms with E-state index in [0.717, 1.165) is 16.7 Å². The van der Waals surface area contributed by atoms with E-state index in [4.69, 9.17) is 4.74 Å². The van der Waals surface area contributed by atoms with Crippen molar-refractivity contribution in [2.75, 3.05) is 13.2 Å². The van der Waals surface area contributed by atoms with Crippen LogP contribution in [0.4, 0.5) is 4.79 Å². The molecule has 0 saturated heterocycles. The van der Waals surface area contributed by atoms with Crippen molar-refractivity contribution in [3.05, 3.63) is 71.3 Å². The number of allylic oxidation sites excluding steroid dienone is 1. The summed E-state index contributed by atoms with van der Waals surface area (Å²) in [6, 6.07) is 15.4. The normalized spacial score (nSPS) is 13.7. The zero-order chi connectivity index (χ0) is 25.4. The number of hydrogen-bond donors (Lipinski definition) is 3. The zero-order valence-electron chi connectivity index (χ0n) is 20.5. The molecule has 0 heterocycles. The van der Waals surface area contributed by atoms with Gasteiger partial charge in [-0.2, -0.15) is 0 Å². The first-order valence-electron chi connectivity index (χ1n) is 12.0. The van der Waals surface area contributed by atoms with Crippen LogP contribution in [0.5, 0.6) is 0 Å². The molecule has 2 atom stereocenters. The number of hydrogen-bond acceptors (Lipinski definition) is 4. The Bertz CT molecular complexity index is 1040. The Morgan fingerprint density at radius 1 is 1.03 bits per heavy atom. The summed E-state index contributed by atoms with van der Waals surface area (Å²) in [5.41, 5.74) is 5.67. The second kappa shape index (κ2) is 12.2. The molecule has 0 spiro atoms. The number of nitrogens with one attached hydrogen (secondary N) is 2. The molecule has 1 aliphatic rings. The molecule has 7 nitrogen and oxygen atoms in total. The van der Waals surface area contributed by atoms with Crippen LogP contribution >= 0.6 is 0 Å². The third-order valence-electron chi connectivity index (χ3n) is 6.25. The van der Waals surface area contributed by atoms with Gasteiger partial charge < -0.3 is 20.5 Å². The molecule has 0 radical (unpaired) electrons. The summed E-state index contributed by atoms with van der Waals surface area (Å²) >= 11 is 0. The van der Waals surface area contributed by atoms with E-state index >= 15 is 0 Å². The summed E-state index contributed by atoms with van der Waals surface area (Å²) in [6.07, 6.45) is 2.65.